The van der Waals surface area contributed by atoms with E-state index in [1.165, 1.54) is 0 Å². The standard InChI is InChI=1S/C15H18N2O2S/c1-11-16-13(10-20-11)9-17(2)15(18)8-12-5-4-6-14(7-12)19-3/h4-7,10H,8-9H2,1-3H3. The molecule has 4 nitrogen and oxygen atoms in total. The van der Waals surface area contributed by atoms with Crippen molar-refractivity contribution < 1.29 is 9.53 Å². The summed E-state index contributed by atoms with van der Waals surface area (Å²) in [7, 11) is 3.43. The molecule has 0 aliphatic rings. The van der Waals surface area contributed by atoms with Crippen LogP contribution in [0.1, 0.15) is 16.3 Å². The van der Waals surface area contributed by atoms with E-state index in [1.54, 1.807) is 30.4 Å². The van der Waals surface area contributed by atoms with E-state index in [1.807, 2.05) is 36.6 Å². The van der Waals surface area contributed by atoms with Crippen LogP contribution in [0.25, 0.3) is 0 Å². The van der Waals surface area contributed by atoms with Crippen molar-refractivity contribution >= 4 is 17.2 Å². The fourth-order valence-corrected chi connectivity index (χ4v) is 2.51. The minimum atomic E-state index is 0.0731. The molecule has 0 fully saturated rings. The van der Waals surface area contributed by atoms with Gasteiger partial charge in [0.1, 0.15) is 5.75 Å². The van der Waals surface area contributed by atoms with Crippen LogP contribution < -0.4 is 4.74 Å². The number of rotatable bonds is 5. The molecule has 20 heavy (non-hydrogen) atoms. The molecule has 0 saturated heterocycles. The minimum Gasteiger partial charge on any atom is -0.497 e. The summed E-state index contributed by atoms with van der Waals surface area (Å²) < 4.78 is 5.16. The van der Waals surface area contributed by atoms with E-state index < -0.39 is 0 Å². The summed E-state index contributed by atoms with van der Waals surface area (Å²) in [5.41, 5.74) is 1.89. The molecule has 0 unspecified atom stereocenters. The van der Waals surface area contributed by atoms with Gasteiger partial charge in [0, 0.05) is 12.4 Å². The molecule has 0 spiro atoms. The van der Waals surface area contributed by atoms with Crippen LogP contribution in [0.15, 0.2) is 29.6 Å². The topological polar surface area (TPSA) is 42.4 Å². The first-order chi connectivity index (χ1) is 9.58. The lowest BCUT2D eigenvalue weighted by Crippen LogP contribution is -2.27. The molecule has 0 saturated carbocycles. The Bertz CT molecular complexity index is 595. The van der Waals surface area contributed by atoms with Gasteiger partial charge in [-0.25, -0.2) is 4.98 Å². The average molecular weight is 290 g/mol. The van der Waals surface area contributed by atoms with Crippen molar-refractivity contribution in [3.05, 3.63) is 45.9 Å². The Morgan fingerprint density at radius 3 is 2.90 bits per heavy atom. The molecule has 0 bridgehead atoms. The SMILES string of the molecule is COc1cccc(CC(=O)N(C)Cc2csc(C)n2)c1. The van der Waals surface area contributed by atoms with Gasteiger partial charge in [0.15, 0.2) is 0 Å². The Labute approximate surface area is 123 Å². The second kappa shape index (κ2) is 6.52. The maximum absolute atomic E-state index is 12.2. The number of hydrogen-bond donors (Lipinski definition) is 0. The van der Waals surface area contributed by atoms with E-state index in [0.717, 1.165) is 22.0 Å². The van der Waals surface area contributed by atoms with E-state index in [0.29, 0.717) is 13.0 Å². The highest BCUT2D eigenvalue weighted by atomic mass is 32.1. The molecular weight excluding hydrogens is 272 g/mol. The van der Waals surface area contributed by atoms with Crippen molar-refractivity contribution in [2.45, 2.75) is 19.9 Å². The molecule has 2 aromatic rings. The fraction of sp³-hybridized carbons (Fsp3) is 0.333. The third-order valence-electron chi connectivity index (χ3n) is 2.98. The number of aryl methyl sites for hydroxylation is 1. The number of benzene rings is 1. The fourth-order valence-electron chi connectivity index (χ4n) is 1.90. The number of methoxy groups -OCH3 is 1. The van der Waals surface area contributed by atoms with Gasteiger partial charge < -0.3 is 9.64 Å². The number of hydrogen-bond acceptors (Lipinski definition) is 4. The van der Waals surface area contributed by atoms with Crippen LogP contribution in [-0.4, -0.2) is 29.9 Å². The number of amides is 1. The third kappa shape index (κ3) is 3.81. The second-order valence-electron chi connectivity index (χ2n) is 4.64. The Morgan fingerprint density at radius 2 is 2.25 bits per heavy atom. The van der Waals surface area contributed by atoms with Gasteiger partial charge in [0.2, 0.25) is 5.91 Å². The predicted molar refractivity (Wildman–Crippen MR) is 80.0 cm³/mol. The molecule has 0 aliphatic heterocycles. The highest BCUT2D eigenvalue weighted by molar-refractivity contribution is 7.09. The largest absolute Gasteiger partial charge is 0.497 e. The Hall–Kier alpha value is -1.88. The number of likely N-dealkylation sites (N-methyl/N-ethyl adjacent to an activating group) is 1. The van der Waals surface area contributed by atoms with Crippen LogP contribution in [0.5, 0.6) is 5.75 Å². The maximum atomic E-state index is 12.2. The average Bonchev–Trinajstić information content (AvgIpc) is 2.84. The molecule has 1 aromatic carbocycles. The van der Waals surface area contributed by atoms with Crippen molar-refractivity contribution in [2.75, 3.05) is 14.2 Å². The molecule has 1 aromatic heterocycles. The first-order valence-corrected chi connectivity index (χ1v) is 7.24. The van der Waals surface area contributed by atoms with Crippen molar-refractivity contribution in [1.82, 2.24) is 9.88 Å². The van der Waals surface area contributed by atoms with Gasteiger partial charge in [-0.2, -0.15) is 0 Å². The van der Waals surface area contributed by atoms with Gasteiger partial charge in [-0.1, -0.05) is 12.1 Å². The molecule has 0 radical (unpaired) electrons. The summed E-state index contributed by atoms with van der Waals surface area (Å²) in [4.78, 5) is 18.3. The third-order valence-corrected chi connectivity index (χ3v) is 3.80. The van der Waals surface area contributed by atoms with Crippen LogP contribution in [0, 0.1) is 6.92 Å². The van der Waals surface area contributed by atoms with Crippen molar-refractivity contribution in [2.24, 2.45) is 0 Å². The van der Waals surface area contributed by atoms with Crippen molar-refractivity contribution in [1.29, 1.82) is 0 Å². The van der Waals surface area contributed by atoms with Gasteiger partial charge in [0.05, 0.1) is 30.8 Å². The summed E-state index contributed by atoms with van der Waals surface area (Å²) in [6, 6.07) is 7.58. The molecule has 0 N–H and O–H groups in total. The number of carbonyl (C=O) groups excluding carboxylic acids is 1. The molecule has 5 heteroatoms. The number of nitrogens with zero attached hydrogens (tertiary/aromatic N) is 2. The number of carbonyl (C=O) groups is 1. The van der Waals surface area contributed by atoms with Gasteiger partial charge in [-0.15, -0.1) is 11.3 Å². The van der Waals surface area contributed by atoms with Gasteiger partial charge in [-0.3, -0.25) is 4.79 Å². The lowest BCUT2D eigenvalue weighted by atomic mass is 10.1. The number of thiazole rings is 1. The first kappa shape index (κ1) is 14.5. The van der Waals surface area contributed by atoms with Crippen LogP contribution in [0.4, 0.5) is 0 Å². The van der Waals surface area contributed by atoms with E-state index in [9.17, 15) is 4.79 Å². The molecule has 2 rings (SSSR count). The second-order valence-corrected chi connectivity index (χ2v) is 5.70. The molecule has 1 amide bonds. The first-order valence-electron chi connectivity index (χ1n) is 6.36. The van der Waals surface area contributed by atoms with Crippen LogP contribution in [0.3, 0.4) is 0 Å². The lowest BCUT2D eigenvalue weighted by Gasteiger charge is -2.16. The van der Waals surface area contributed by atoms with Gasteiger partial charge in [0.25, 0.3) is 0 Å². The minimum absolute atomic E-state index is 0.0731. The maximum Gasteiger partial charge on any atom is 0.227 e. The summed E-state index contributed by atoms with van der Waals surface area (Å²) in [5, 5.41) is 3.01. The Morgan fingerprint density at radius 1 is 1.45 bits per heavy atom. The summed E-state index contributed by atoms with van der Waals surface area (Å²) in [6.07, 6.45) is 0.372. The molecular formula is C15H18N2O2S. The zero-order valence-corrected chi connectivity index (χ0v) is 12.7. The Kier molecular flexibility index (Phi) is 4.74. The van der Waals surface area contributed by atoms with E-state index in [2.05, 4.69) is 4.98 Å². The quantitative estimate of drug-likeness (QED) is 0.850. The smallest absolute Gasteiger partial charge is 0.227 e. The van der Waals surface area contributed by atoms with Crippen LogP contribution >= 0.6 is 11.3 Å². The lowest BCUT2D eigenvalue weighted by molar-refractivity contribution is -0.129. The summed E-state index contributed by atoms with van der Waals surface area (Å²) >= 11 is 1.60. The zero-order valence-electron chi connectivity index (χ0n) is 11.9. The number of aromatic nitrogens is 1. The highest BCUT2D eigenvalue weighted by Gasteiger charge is 2.12. The normalized spacial score (nSPS) is 10.3. The predicted octanol–water partition coefficient (Wildman–Crippen LogP) is 2.66. The summed E-state index contributed by atoms with van der Waals surface area (Å²) in [6.45, 7) is 2.51. The monoisotopic (exact) mass is 290 g/mol. The Balaban J connectivity index is 1.96. The summed E-state index contributed by atoms with van der Waals surface area (Å²) in [5.74, 6) is 0.844. The van der Waals surface area contributed by atoms with Gasteiger partial charge in [-0.05, 0) is 24.6 Å². The number of ether oxygens (including phenoxy) is 1. The van der Waals surface area contributed by atoms with E-state index in [-0.39, 0.29) is 5.91 Å². The van der Waals surface area contributed by atoms with E-state index in [4.69, 9.17) is 4.74 Å². The van der Waals surface area contributed by atoms with Crippen LogP contribution in [-0.2, 0) is 17.8 Å². The molecule has 0 aliphatic carbocycles. The van der Waals surface area contributed by atoms with Gasteiger partial charge >= 0.3 is 0 Å². The molecule has 1 heterocycles. The highest BCUT2D eigenvalue weighted by Crippen LogP contribution is 2.14. The van der Waals surface area contributed by atoms with Crippen LogP contribution in [0.2, 0.25) is 0 Å². The van der Waals surface area contributed by atoms with E-state index >= 15 is 0 Å². The van der Waals surface area contributed by atoms with Crippen molar-refractivity contribution in [3.63, 3.8) is 0 Å². The van der Waals surface area contributed by atoms with Crippen molar-refractivity contribution in [3.8, 4) is 5.75 Å². The molecule has 0 atom stereocenters. The molecule has 106 valence electrons. The zero-order chi connectivity index (χ0) is 14.5.